The summed E-state index contributed by atoms with van der Waals surface area (Å²) in [4.78, 5) is 12.6. The molecule has 1 saturated heterocycles. The van der Waals surface area contributed by atoms with Crippen molar-refractivity contribution in [2.75, 3.05) is 23.7 Å². The van der Waals surface area contributed by atoms with E-state index in [2.05, 4.69) is 10.6 Å². The zero-order valence-electron chi connectivity index (χ0n) is 16.0. The first-order valence-electron chi connectivity index (χ1n) is 9.40. The Morgan fingerprint density at radius 3 is 2.41 bits per heavy atom. The summed E-state index contributed by atoms with van der Waals surface area (Å²) in [6, 6.07) is 9.27. The maximum Gasteiger partial charge on any atom is 0.246 e. The van der Waals surface area contributed by atoms with E-state index < -0.39 is 22.0 Å². The minimum absolute atomic E-state index is 0.0956. The Balaban J connectivity index is 1.73. The average Bonchev–Trinajstić information content (AvgIpc) is 2.71. The minimum atomic E-state index is -3.64. The molecule has 2 aromatic rings. The third-order valence-electron chi connectivity index (χ3n) is 4.77. The molecule has 1 heterocycles. The lowest BCUT2D eigenvalue weighted by Gasteiger charge is -2.26. The van der Waals surface area contributed by atoms with E-state index in [1.807, 2.05) is 0 Å². The van der Waals surface area contributed by atoms with Gasteiger partial charge in [0.25, 0.3) is 0 Å². The van der Waals surface area contributed by atoms with Crippen molar-refractivity contribution >= 4 is 38.9 Å². The second-order valence-corrected chi connectivity index (χ2v) is 9.31. The lowest BCUT2D eigenvalue weighted by atomic mass is 10.2. The summed E-state index contributed by atoms with van der Waals surface area (Å²) in [5, 5.41) is 5.86. The van der Waals surface area contributed by atoms with Crippen molar-refractivity contribution in [3.8, 4) is 0 Å². The first kappa shape index (κ1) is 21.5. The second-order valence-electron chi connectivity index (χ2n) is 6.97. The molecule has 0 aliphatic carbocycles. The molecule has 0 aromatic heterocycles. The largest absolute Gasteiger partial charge is 0.374 e. The Morgan fingerprint density at radius 2 is 1.76 bits per heavy atom. The zero-order valence-corrected chi connectivity index (χ0v) is 17.6. The van der Waals surface area contributed by atoms with E-state index in [4.69, 9.17) is 11.6 Å². The third-order valence-corrected chi connectivity index (χ3v) is 6.99. The molecule has 1 aliphatic rings. The molecule has 3 rings (SSSR count). The molecular formula is C20H23ClFN3O3S. The van der Waals surface area contributed by atoms with Gasteiger partial charge in [-0.1, -0.05) is 18.0 Å². The van der Waals surface area contributed by atoms with Crippen LogP contribution in [0.3, 0.4) is 0 Å². The summed E-state index contributed by atoms with van der Waals surface area (Å²) in [5.41, 5.74) is 0.809. The maximum atomic E-state index is 13.0. The number of amides is 1. The van der Waals surface area contributed by atoms with Gasteiger partial charge in [0.2, 0.25) is 15.9 Å². The van der Waals surface area contributed by atoms with Crippen LogP contribution in [0, 0.1) is 5.82 Å². The van der Waals surface area contributed by atoms with E-state index in [0.717, 1.165) is 19.3 Å². The van der Waals surface area contributed by atoms with E-state index in [1.165, 1.54) is 46.8 Å². The number of carbonyl (C=O) groups excluding carboxylic acids is 1. The van der Waals surface area contributed by atoms with Crippen molar-refractivity contribution in [2.45, 2.75) is 37.1 Å². The van der Waals surface area contributed by atoms with Gasteiger partial charge in [0.1, 0.15) is 11.9 Å². The number of nitrogens with one attached hydrogen (secondary N) is 2. The van der Waals surface area contributed by atoms with Crippen LogP contribution in [0.2, 0.25) is 5.02 Å². The zero-order chi connectivity index (χ0) is 21.0. The van der Waals surface area contributed by atoms with Gasteiger partial charge in [-0.25, -0.2) is 12.8 Å². The first-order valence-corrected chi connectivity index (χ1v) is 11.2. The van der Waals surface area contributed by atoms with Gasteiger partial charge in [-0.2, -0.15) is 4.31 Å². The molecule has 0 unspecified atom stereocenters. The number of benzene rings is 2. The minimum Gasteiger partial charge on any atom is -0.374 e. The molecule has 29 heavy (non-hydrogen) atoms. The van der Waals surface area contributed by atoms with E-state index in [-0.39, 0.29) is 21.4 Å². The number of anilines is 2. The lowest BCUT2D eigenvalue weighted by molar-refractivity contribution is -0.116. The molecule has 6 nitrogen and oxygen atoms in total. The molecule has 0 spiro atoms. The van der Waals surface area contributed by atoms with Crippen LogP contribution < -0.4 is 10.6 Å². The summed E-state index contributed by atoms with van der Waals surface area (Å²) in [6.07, 6.45) is 2.69. The van der Waals surface area contributed by atoms with Crippen molar-refractivity contribution < 1.29 is 17.6 Å². The highest BCUT2D eigenvalue weighted by Gasteiger charge is 2.27. The number of carbonyl (C=O) groups is 1. The van der Waals surface area contributed by atoms with Crippen LogP contribution in [-0.4, -0.2) is 37.8 Å². The number of rotatable bonds is 6. The van der Waals surface area contributed by atoms with Crippen LogP contribution in [-0.2, 0) is 14.8 Å². The summed E-state index contributed by atoms with van der Waals surface area (Å²) in [5.74, 6) is -0.769. The average molecular weight is 440 g/mol. The highest BCUT2D eigenvalue weighted by molar-refractivity contribution is 7.89. The first-order chi connectivity index (χ1) is 13.8. The second kappa shape index (κ2) is 9.11. The van der Waals surface area contributed by atoms with Gasteiger partial charge in [-0.3, -0.25) is 4.79 Å². The van der Waals surface area contributed by atoms with E-state index >= 15 is 0 Å². The van der Waals surface area contributed by atoms with Gasteiger partial charge in [0.15, 0.2) is 0 Å². The molecule has 0 saturated carbocycles. The van der Waals surface area contributed by atoms with Crippen LogP contribution in [0.4, 0.5) is 15.8 Å². The number of sulfonamides is 1. The molecule has 1 atom stereocenters. The van der Waals surface area contributed by atoms with Gasteiger partial charge < -0.3 is 10.6 Å². The van der Waals surface area contributed by atoms with Gasteiger partial charge in [-0.05, 0) is 62.2 Å². The summed E-state index contributed by atoms with van der Waals surface area (Å²) < 4.78 is 40.2. The molecule has 1 aliphatic heterocycles. The molecule has 1 fully saturated rings. The predicted octanol–water partition coefficient (Wildman–Crippen LogP) is 4.09. The number of hydrogen-bond acceptors (Lipinski definition) is 4. The van der Waals surface area contributed by atoms with Crippen LogP contribution in [0.1, 0.15) is 26.2 Å². The molecular weight excluding hydrogens is 417 g/mol. The Morgan fingerprint density at radius 1 is 1.10 bits per heavy atom. The monoisotopic (exact) mass is 439 g/mol. The molecule has 9 heteroatoms. The quantitative estimate of drug-likeness (QED) is 0.710. The summed E-state index contributed by atoms with van der Waals surface area (Å²) in [7, 11) is -3.64. The standard InChI is InChI=1S/C20H23ClFN3O3S/c1-14(23-16-7-5-15(22)6-8-16)20(26)24-19-13-17(9-10-18(19)21)29(27,28)25-11-3-2-4-12-25/h5-10,13-14,23H,2-4,11-12H2,1H3,(H,24,26)/t14-/m1/s1. The smallest absolute Gasteiger partial charge is 0.246 e. The van der Waals surface area contributed by atoms with E-state index in [1.54, 1.807) is 6.92 Å². The molecule has 0 bridgehead atoms. The highest BCUT2D eigenvalue weighted by Crippen LogP contribution is 2.28. The van der Waals surface area contributed by atoms with Crippen LogP contribution >= 0.6 is 11.6 Å². The van der Waals surface area contributed by atoms with Crippen molar-refractivity contribution in [3.63, 3.8) is 0 Å². The van der Waals surface area contributed by atoms with Crippen molar-refractivity contribution in [3.05, 3.63) is 53.3 Å². The van der Waals surface area contributed by atoms with Gasteiger partial charge >= 0.3 is 0 Å². The van der Waals surface area contributed by atoms with Crippen molar-refractivity contribution in [1.29, 1.82) is 0 Å². The number of piperidine rings is 1. The van der Waals surface area contributed by atoms with Gasteiger partial charge in [0.05, 0.1) is 15.6 Å². The fourth-order valence-electron chi connectivity index (χ4n) is 3.12. The fraction of sp³-hybridized carbons (Fsp3) is 0.350. The van der Waals surface area contributed by atoms with Crippen molar-refractivity contribution in [1.82, 2.24) is 4.31 Å². The normalized spacial score (nSPS) is 16.2. The van der Waals surface area contributed by atoms with Gasteiger partial charge in [-0.15, -0.1) is 0 Å². The van der Waals surface area contributed by atoms with Crippen LogP contribution in [0.5, 0.6) is 0 Å². The summed E-state index contributed by atoms with van der Waals surface area (Å²) in [6.45, 7) is 2.62. The maximum absolute atomic E-state index is 13.0. The van der Waals surface area contributed by atoms with E-state index in [9.17, 15) is 17.6 Å². The Labute approximate surface area is 175 Å². The Kier molecular flexibility index (Phi) is 6.77. The fourth-order valence-corrected chi connectivity index (χ4v) is 4.83. The Hall–Kier alpha value is -2.16. The molecule has 156 valence electrons. The number of halogens is 2. The van der Waals surface area contributed by atoms with Crippen LogP contribution in [0.15, 0.2) is 47.4 Å². The number of hydrogen-bond donors (Lipinski definition) is 2. The van der Waals surface area contributed by atoms with Crippen molar-refractivity contribution in [2.24, 2.45) is 0 Å². The molecule has 1 amide bonds. The Bertz CT molecular complexity index is 977. The summed E-state index contributed by atoms with van der Waals surface area (Å²) >= 11 is 6.17. The molecule has 0 radical (unpaired) electrons. The van der Waals surface area contributed by atoms with E-state index in [0.29, 0.717) is 18.8 Å². The SMILES string of the molecule is C[C@@H](Nc1ccc(F)cc1)C(=O)Nc1cc(S(=O)(=O)N2CCCCC2)ccc1Cl. The molecule has 2 N–H and O–H groups in total. The van der Waals surface area contributed by atoms with Gasteiger partial charge in [0, 0.05) is 18.8 Å². The third kappa shape index (κ3) is 5.26. The predicted molar refractivity (Wildman–Crippen MR) is 112 cm³/mol. The number of nitrogens with zero attached hydrogens (tertiary/aromatic N) is 1. The lowest BCUT2D eigenvalue weighted by Crippen LogP contribution is -2.35. The highest BCUT2D eigenvalue weighted by atomic mass is 35.5. The van der Waals surface area contributed by atoms with Crippen LogP contribution in [0.25, 0.3) is 0 Å². The molecule has 2 aromatic carbocycles. The topological polar surface area (TPSA) is 78.5 Å².